The Balaban J connectivity index is 2.24. The van der Waals surface area contributed by atoms with E-state index >= 15 is 0 Å². The molecule has 0 radical (unpaired) electrons. The minimum absolute atomic E-state index is 0.0969. The van der Waals surface area contributed by atoms with Gasteiger partial charge in [0, 0.05) is 6.42 Å². The average molecular weight is 394 g/mol. The normalized spacial score (nSPS) is 16.3. The predicted molar refractivity (Wildman–Crippen MR) is 113 cm³/mol. The van der Waals surface area contributed by atoms with Gasteiger partial charge in [-0.25, -0.2) is 5.06 Å². The van der Waals surface area contributed by atoms with Crippen LogP contribution in [0.15, 0.2) is 18.2 Å². The first-order valence-electron chi connectivity index (χ1n) is 9.53. The fourth-order valence-electron chi connectivity index (χ4n) is 2.51. The molecule has 0 aromatic heterocycles. The molecule has 0 atom stereocenters. The third kappa shape index (κ3) is 5.44. The predicted octanol–water partition coefficient (Wildman–Crippen LogP) is 3.53. The van der Waals surface area contributed by atoms with E-state index in [2.05, 4.69) is 72.8 Å². The molecule has 0 unspecified atom stereocenters. The number of amides is 1. The molecular formula is C20H35NO3Si2. The zero-order chi connectivity index (χ0) is 19.8. The number of carbonyl (C=O) groups excluding carboxylic acids is 1. The van der Waals surface area contributed by atoms with Crippen LogP contribution in [0.25, 0.3) is 0 Å². The molecule has 2 rings (SSSR count). The second-order valence-corrected chi connectivity index (χ2v) is 16.1. The van der Waals surface area contributed by atoms with Crippen molar-refractivity contribution >= 4 is 29.2 Å². The van der Waals surface area contributed by atoms with Crippen molar-refractivity contribution in [3.8, 4) is 5.75 Å². The second kappa shape index (κ2) is 7.48. The van der Waals surface area contributed by atoms with Crippen LogP contribution in [0.3, 0.4) is 0 Å². The molecule has 0 bridgehead atoms. The molecule has 1 aliphatic rings. The summed E-state index contributed by atoms with van der Waals surface area (Å²) in [4.78, 5) is 11.4. The van der Waals surface area contributed by atoms with Crippen molar-refractivity contribution in [2.75, 3.05) is 6.54 Å². The molecule has 0 spiro atoms. The Morgan fingerprint density at radius 2 is 1.81 bits per heavy atom. The Morgan fingerprint density at radius 1 is 1.15 bits per heavy atom. The van der Waals surface area contributed by atoms with E-state index in [9.17, 15) is 4.79 Å². The van der Waals surface area contributed by atoms with Crippen LogP contribution in [0.1, 0.15) is 53.5 Å². The molecule has 1 aromatic rings. The summed E-state index contributed by atoms with van der Waals surface area (Å²) in [6.45, 7) is 18.8. The van der Waals surface area contributed by atoms with Gasteiger partial charge in [-0.3, -0.25) is 4.79 Å². The Kier molecular flexibility index (Phi) is 6.10. The number of hydroxylamine groups is 2. The monoisotopic (exact) mass is 393 g/mol. The number of β-lactam (4-membered cyclic amide) rings is 1. The lowest BCUT2D eigenvalue weighted by atomic mass is 9.88. The van der Waals surface area contributed by atoms with Gasteiger partial charge < -0.3 is 8.95 Å². The Bertz CT molecular complexity index is 660. The average Bonchev–Trinajstić information content (AvgIpc) is 2.45. The maximum absolute atomic E-state index is 11.4. The first-order chi connectivity index (χ1) is 11.8. The quantitative estimate of drug-likeness (QED) is 0.548. The maximum atomic E-state index is 11.4. The highest BCUT2D eigenvalue weighted by Crippen LogP contribution is 2.38. The van der Waals surface area contributed by atoms with Crippen LogP contribution in [0.4, 0.5) is 0 Å². The van der Waals surface area contributed by atoms with E-state index in [0.29, 0.717) is 6.42 Å². The van der Waals surface area contributed by atoms with E-state index in [1.165, 1.54) is 15.8 Å². The molecule has 146 valence electrons. The van der Waals surface area contributed by atoms with E-state index in [-0.39, 0.29) is 16.4 Å². The van der Waals surface area contributed by atoms with Gasteiger partial charge in [0.1, 0.15) is 5.75 Å². The van der Waals surface area contributed by atoms with Crippen molar-refractivity contribution in [1.29, 1.82) is 0 Å². The second-order valence-electron chi connectivity index (χ2n) is 10.1. The Labute approximate surface area is 162 Å². The van der Waals surface area contributed by atoms with Crippen LogP contribution in [-0.4, -0.2) is 35.6 Å². The molecule has 1 saturated heterocycles. The molecule has 4 nitrogen and oxygen atoms in total. The SMILES string of the molecule is CC(C)(C)Cc1ccc([SiH2]ON2CCC2=O)cc1O[Si](C)(C)C(C)(C)C. The van der Waals surface area contributed by atoms with Gasteiger partial charge in [-0.1, -0.05) is 53.7 Å². The number of hydrogen-bond acceptors (Lipinski definition) is 3. The van der Waals surface area contributed by atoms with E-state index in [1.807, 2.05) is 0 Å². The van der Waals surface area contributed by atoms with Crippen molar-refractivity contribution in [2.24, 2.45) is 5.41 Å². The van der Waals surface area contributed by atoms with Crippen LogP contribution >= 0.6 is 0 Å². The summed E-state index contributed by atoms with van der Waals surface area (Å²) in [5, 5.41) is 2.83. The van der Waals surface area contributed by atoms with Crippen molar-refractivity contribution in [2.45, 2.75) is 72.5 Å². The highest BCUT2D eigenvalue weighted by molar-refractivity contribution is 6.74. The van der Waals surface area contributed by atoms with Crippen molar-refractivity contribution in [3.05, 3.63) is 23.8 Å². The van der Waals surface area contributed by atoms with Crippen LogP contribution in [0, 0.1) is 5.41 Å². The number of benzene rings is 1. The first-order valence-corrected chi connectivity index (χ1v) is 13.7. The molecule has 1 amide bonds. The van der Waals surface area contributed by atoms with E-state index in [1.54, 1.807) is 0 Å². The smallest absolute Gasteiger partial charge is 0.250 e. The van der Waals surface area contributed by atoms with Crippen LogP contribution in [0.5, 0.6) is 5.75 Å². The topological polar surface area (TPSA) is 38.8 Å². The molecule has 0 aliphatic carbocycles. The highest BCUT2D eigenvalue weighted by atomic mass is 28.4. The largest absolute Gasteiger partial charge is 0.543 e. The minimum Gasteiger partial charge on any atom is -0.543 e. The summed E-state index contributed by atoms with van der Waals surface area (Å²) < 4.78 is 12.4. The molecule has 26 heavy (non-hydrogen) atoms. The molecule has 0 saturated carbocycles. The summed E-state index contributed by atoms with van der Waals surface area (Å²) >= 11 is 0. The molecule has 0 N–H and O–H groups in total. The molecule has 1 aliphatic heterocycles. The van der Waals surface area contributed by atoms with Crippen LogP contribution in [-0.2, 0) is 15.7 Å². The standard InChI is InChI=1S/C20H35NO3Si2/c1-19(2,3)14-15-9-10-16(25-24-21-12-11-18(21)22)13-17(15)23-26(7,8)20(4,5)6/h9-10,13H,11-12,14,25H2,1-8H3. The van der Waals surface area contributed by atoms with Gasteiger partial charge in [-0.05, 0) is 46.8 Å². The third-order valence-electron chi connectivity index (χ3n) is 5.22. The number of rotatable bonds is 6. The molecule has 1 aromatic carbocycles. The summed E-state index contributed by atoms with van der Waals surface area (Å²) in [6, 6.07) is 6.51. The molecular weight excluding hydrogens is 358 g/mol. The van der Waals surface area contributed by atoms with Crippen LogP contribution in [0.2, 0.25) is 18.1 Å². The molecule has 1 fully saturated rings. The van der Waals surface area contributed by atoms with Crippen LogP contribution < -0.4 is 9.61 Å². The summed E-state index contributed by atoms with van der Waals surface area (Å²) in [7, 11) is -2.89. The van der Waals surface area contributed by atoms with Gasteiger partial charge >= 0.3 is 0 Å². The lowest BCUT2D eigenvalue weighted by Crippen LogP contribution is -2.46. The van der Waals surface area contributed by atoms with Gasteiger partial charge in [0.25, 0.3) is 0 Å². The van der Waals surface area contributed by atoms with Gasteiger partial charge in [-0.2, -0.15) is 0 Å². The number of carbonyl (C=O) groups is 1. The number of hydrogen-bond donors (Lipinski definition) is 0. The maximum Gasteiger partial charge on any atom is 0.250 e. The van der Waals surface area contributed by atoms with E-state index in [4.69, 9.17) is 8.95 Å². The third-order valence-corrected chi connectivity index (χ3v) is 10.8. The first kappa shape index (κ1) is 21.2. The summed E-state index contributed by atoms with van der Waals surface area (Å²) in [6.07, 6.45) is 1.59. The number of nitrogens with zero attached hydrogens (tertiary/aromatic N) is 1. The fraction of sp³-hybridized carbons (Fsp3) is 0.650. The lowest BCUT2D eigenvalue weighted by molar-refractivity contribution is -0.174. The summed E-state index contributed by atoms with van der Waals surface area (Å²) in [5.41, 5.74) is 1.46. The highest BCUT2D eigenvalue weighted by Gasteiger charge is 2.39. The zero-order valence-electron chi connectivity index (χ0n) is 17.7. The van der Waals surface area contributed by atoms with E-state index in [0.717, 1.165) is 18.7 Å². The van der Waals surface area contributed by atoms with Crippen molar-refractivity contribution < 1.29 is 13.7 Å². The van der Waals surface area contributed by atoms with Crippen molar-refractivity contribution in [3.63, 3.8) is 0 Å². The summed E-state index contributed by atoms with van der Waals surface area (Å²) in [5.74, 6) is 1.11. The Morgan fingerprint density at radius 3 is 2.27 bits per heavy atom. The fourth-order valence-corrected chi connectivity index (χ4v) is 4.62. The van der Waals surface area contributed by atoms with Gasteiger partial charge in [0.05, 0.1) is 6.54 Å². The van der Waals surface area contributed by atoms with Gasteiger partial charge in [-0.15, -0.1) is 0 Å². The lowest BCUT2D eigenvalue weighted by Gasteiger charge is -2.37. The molecule has 1 heterocycles. The van der Waals surface area contributed by atoms with Gasteiger partial charge in [0.2, 0.25) is 24.0 Å². The van der Waals surface area contributed by atoms with Gasteiger partial charge in [0.15, 0.2) is 0 Å². The van der Waals surface area contributed by atoms with E-state index < -0.39 is 18.1 Å². The van der Waals surface area contributed by atoms with Crippen molar-refractivity contribution in [1.82, 2.24) is 5.06 Å². The minimum atomic E-state index is -1.92. The Hall–Kier alpha value is -1.12. The molecule has 6 heteroatoms. The zero-order valence-corrected chi connectivity index (χ0v) is 20.1.